The highest BCUT2D eigenvalue weighted by Crippen LogP contribution is 2.25. The molecule has 0 fully saturated rings. The van der Waals surface area contributed by atoms with Gasteiger partial charge in [-0.2, -0.15) is 0 Å². The van der Waals surface area contributed by atoms with E-state index in [1.807, 2.05) is 20.8 Å². The number of carbonyl (C=O) groups excluding carboxylic acids is 4. The van der Waals surface area contributed by atoms with E-state index in [-0.39, 0.29) is 35.4 Å². The van der Waals surface area contributed by atoms with Crippen LogP contribution < -0.4 is 16.4 Å². The van der Waals surface area contributed by atoms with Crippen LogP contribution in [0.15, 0.2) is 0 Å². The maximum absolute atomic E-state index is 12.4. The van der Waals surface area contributed by atoms with Crippen LogP contribution >= 0.6 is 0 Å². The van der Waals surface area contributed by atoms with Crippen molar-refractivity contribution in [2.45, 2.75) is 67.0 Å². The van der Waals surface area contributed by atoms with E-state index in [2.05, 4.69) is 10.6 Å². The second-order valence-corrected chi connectivity index (χ2v) is 7.66. The number of nitrogens with two attached hydrogens (primary N) is 1. The molecule has 0 rings (SSSR count). The minimum Gasteiger partial charge on any atom is -0.370 e. The van der Waals surface area contributed by atoms with Crippen molar-refractivity contribution in [2.24, 2.45) is 23.0 Å². The first-order valence-electron chi connectivity index (χ1n) is 8.16. The van der Waals surface area contributed by atoms with E-state index in [1.54, 1.807) is 20.8 Å². The summed E-state index contributed by atoms with van der Waals surface area (Å²) in [5.74, 6) is -2.29. The van der Waals surface area contributed by atoms with Gasteiger partial charge >= 0.3 is 0 Å². The van der Waals surface area contributed by atoms with Gasteiger partial charge in [0, 0.05) is 5.92 Å². The highest BCUT2D eigenvalue weighted by molar-refractivity contribution is 5.95. The maximum Gasteiger partial charge on any atom is 0.243 e. The van der Waals surface area contributed by atoms with E-state index in [0.717, 1.165) is 0 Å². The second kappa shape index (κ2) is 8.80. The largest absolute Gasteiger partial charge is 0.370 e. The lowest BCUT2D eigenvalue weighted by molar-refractivity contribution is -0.135. The summed E-state index contributed by atoms with van der Waals surface area (Å²) in [4.78, 5) is 47.6. The molecule has 24 heavy (non-hydrogen) atoms. The summed E-state index contributed by atoms with van der Waals surface area (Å²) >= 11 is 0. The Labute approximate surface area is 144 Å². The third-order valence-electron chi connectivity index (χ3n) is 4.13. The molecule has 0 bridgehead atoms. The van der Waals surface area contributed by atoms with Crippen LogP contribution in [0, 0.1) is 17.3 Å². The molecule has 3 atom stereocenters. The van der Waals surface area contributed by atoms with Crippen LogP contribution in [0.1, 0.15) is 54.9 Å². The molecular weight excluding hydrogens is 310 g/mol. The molecule has 0 radical (unpaired) electrons. The molecule has 7 nitrogen and oxygen atoms in total. The van der Waals surface area contributed by atoms with Crippen molar-refractivity contribution in [1.29, 1.82) is 0 Å². The monoisotopic (exact) mass is 341 g/mol. The average Bonchev–Trinajstić information content (AvgIpc) is 2.40. The number of ketones is 1. The Balaban J connectivity index is 5.19. The number of nitrogens with one attached hydrogen (secondary N) is 2. The summed E-state index contributed by atoms with van der Waals surface area (Å²) in [5, 5.41) is 5.17. The van der Waals surface area contributed by atoms with E-state index in [0.29, 0.717) is 0 Å². The average molecular weight is 341 g/mol. The summed E-state index contributed by atoms with van der Waals surface area (Å²) < 4.78 is 0. The molecule has 0 aromatic carbocycles. The van der Waals surface area contributed by atoms with E-state index in [9.17, 15) is 19.2 Å². The molecule has 0 spiro atoms. The van der Waals surface area contributed by atoms with Crippen LogP contribution in [0.25, 0.3) is 0 Å². The van der Waals surface area contributed by atoms with Gasteiger partial charge in [0.25, 0.3) is 0 Å². The van der Waals surface area contributed by atoms with Crippen molar-refractivity contribution in [2.75, 3.05) is 0 Å². The number of amides is 3. The lowest BCUT2D eigenvalue weighted by atomic mass is 9.81. The Morgan fingerprint density at radius 2 is 1.46 bits per heavy atom. The Hall–Kier alpha value is -1.92. The molecule has 0 unspecified atom stereocenters. The van der Waals surface area contributed by atoms with Crippen molar-refractivity contribution < 1.29 is 19.2 Å². The number of primary amides is 1. The third kappa shape index (κ3) is 7.10. The molecule has 138 valence electrons. The lowest BCUT2D eigenvalue weighted by Gasteiger charge is -2.29. The molecule has 3 amide bonds. The summed E-state index contributed by atoms with van der Waals surface area (Å²) in [5.41, 5.74) is 4.89. The van der Waals surface area contributed by atoms with Crippen molar-refractivity contribution >= 4 is 23.5 Å². The van der Waals surface area contributed by atoms with Crippen molar-refractivity contribution in [3.63, 3.8) is 0 Å². The molecule has 7 heteroatoms. The molecule has 0 saturated carbocycles. The van der Waals surface area contributed by atoms with Gasteiger partial charge in [-0.1, -0.05) is 41.5 Å². The van der Waals surface area contributed by atoms with Gasteiger partial charge in [-0.3, -0.25) is 19.2 Å². The first-order chi connectivity index (χ1) is 10.8. The molecular formula is C17H31N3O4. The Bertz CT molecular complexity index is 495. The van der Waals surface area contributed by atoms with E-state index in [4.69, 9.17) is 5.73 Å². The van der Waals surface area contributed by atoms with Gasteiger partial charge in [-0.25, -0.2) is 0 Å². The topological polar surface area (TPSA) is 118 Å². The normalized spacial score (nSPS) is 15.3. The number of hydrogen-bond acceptors (Lipinski definition) is 4. The third-order valence-corrected chi connectivity index (χ3v) is 4.13. The number of Topliss-reactive ketones (excluding diaryl/α,β-unsaturated/α-hetero) is 1. The van der Waals surface area contributed by atoms with Crippen molar-refractivity contribution in [1.82, 2.24) is 10.6 Å². The number of rotatable bonds is 8. The zero-order valence-corrected chi connectivity index (χ0v) is 15.7. The standard InChI is InChI=1S/C17H31N3O4/c1-9(2)14(11(4)21)20-16(24)12(8-13(18)22)19-15(23)10(3)17(5,6)7/h9-10,12,14H,8H2,1-7H3,(H2,18,22)(H,19,23)(H,20,24)/t10-,12+,14+/m1/s1. The van der Waals surface area contributed by atoms with Crippen LogP contribution in [0.3, 0.4) is 0 Å². The molecule has 0 aliphatic rings. The molecule has 0 aromatic heterocycles. The molecule has 0 saturated heterocycles. The Kier molecular flexibility index (Phi) is 8.10. The first-order valence-corrected chi connectivity index (χ1v) is 8.16. The van der Waals surface area contributed by atoms with Crippen LogP contribution in [0.5, 0.6) is 0 Å². The zero-order chi connectivity index (χ0) is 19.2. The molecule has 0 aliphatic carbocycles. The van der Waals surface area contributed by atoms with Gasteiger partial charge in [0.1, 0.15) is 6.04 Å². The predicted molar refractivity (Wildman–Crippen MR) is 91.8 cm³/mol. The second-order valence-electron chi connectivity index (χ2n) is 7.66. The molecule has 0 aliphatic heterocycles. The van der Waals surface area contributed by atoms with E-state index < -0.39 is 23.9 Å². The molecule has 0 aromatic rings. The van der Waals surface area contributed by atoms with Gasteiger partial charge in [0.05, 0.1) is 12.5 Å². The SMILES string of the molecule is CC(=O)[C@@H](NC(=O)[C@H](CC(N)=O)NC(=O)[C@@H](C)C(C)(C)C)C(C)C. The summed E-state index contributed by atoms with van der Waals surface area (Å²) in [6.45, 7) is 12.5. The van der Waals surface area contributed by atoms with Crippen LogP contribution in [0.4, 0.5) is 0 Å². The van der Waals surface area contributed by atoms with Crippen molar-refractivity contribution in [3.05, 3.63) is 0 Å². The fourth-order valence-corrected chi connectivity index (χ4v) is 2.09. The zero-order valence-electron chi connectivity index (χ0n) is 15.7. The minimum atomic E-state index is -1.10. The minimum absolute atomic E-state index is 0.107. The first kappa shape index (κ1) is 22.1. The van der Waals surface area contributed by atoms with Crippen LogP contribution in [0.2, 0.25) is 0 Å². The Morgan fingerprint density at radius 3 is 1.79 bits per heavy atom. The summed E-state index contributed by atoms with van der Waals surface area (Å²) in [6.07, 6.45) is -0.322. The predicted octanol–water partition coefficient (Wildman–Crippen LogP) is 0.759. The highest BCUT2D eigenvalue weighted by atomic mass is 16.2. The number of hydrogen-bond donors (Lipinski definition) is 3. The van der Waals surface area contributed by atoms with Crippen LogP contribution in [-0.4, -0.2) is 35.6 Å². The highest BCUT2D eigenvalue weighted by Gasteiger charge is 2.32. The van der Waals surface area contributed by atoms with E-state index >= 15 is 0 Å². The maximum atomic E-state index is 12.4. The van der Waals surface area contributed by atoms with Gasteiger partial charge in [0.2, 0.25) is 17.7 Å². The summed E-state index contributed by atoms with van der Waals surface area (Å²) in [7, 11) is 0. The molecule has 4 N–H and O–H groups in total. The Morgan fingerprint density at radius 1 is 0.958 bits per heavy atom. The van der Waals surface area contributed by atoms with Gasteiger partial charge in [-0.05, 0) is 18.3 Å². The smallest absolute Gasteiger partial charge is 0.243 e. The molecule has 0 heterocycles. The number of carbonyl (C=O) groups is 4. The fraction of sp³-hybridized carbons (Fsp3) is 0.765. The van der Waals surface area contributed by atoms with Crippen LogP contribution in [-0.2, 0) is 19.2 Å². The summed E-state index contributed by atoms with van der Waals surface area (Å²) in [6, 6.07) is -1.77. The van der Waals surface area contributed by atoms with E-state index in [1.165, 1.54) is 6.92 Å². The quantitative estimate of drug-likeness (QED) is 0.604. The van der Waals surface area contributed by atoms with Gasteiger partial charge in [0.15, 0.2) is 5.78 Å². The fourth-order valence-electron chi connectivity index (χ4n) is 2.09. The lowest BCUT2D eigenvalue weighted by Crippen LogP contribution is -2.55. The van der Waals surface area contributed by atoms with Gasteiger partial charge < -0.3 is 16.4 Å². The van der Waals surface area contributed by atoms with Crippen molar-refractivity contribution in [3.8, 4) is 0 Å². The van der Waals surface area contributed by atoms with Gasteiger partial charge in [-0.15, -0.1) is 0 Å².